The Hall–Kier alpha value is -4.21. The van der Waals surface area contributed by atoms with Gasteiger partial charge in [0, 0.05) is 56.3 Å². The van der Waals surface area contributed by atoms with Crippen molar-refractivity contribution in [1.82, 2.24) is 30.1 Å². The number of furan rings is 1. The first-order valence-corrected chi connectivity index (χ1v) is 12.5. The van der Waals surface area contributed by atoms with Crippen LogP contribution >= 0.6 is 0 Å². The van der Waals surface area contributed by atoms with Gasteiger partial charge < -0.3 is 24.5 Å². The molecule has 1 fully saturated rings. The monoisotopic (exact) mass is 504 g/mol. The molecule has 0 bridgehead atoms. The van der Waals surface area contributed by atoms with E-state index < -0.39 is 0 Å². The van der Waals surface area contributed by atoms with Gasteiger partial charge >= 0.3 is 0 Å². The normalized spacial score (nSPS) is 14.1. The lowest BCUT2D eigenvalue weighted by Crippen LogP contribution is -2.43. The highest BCUT2D eigenvalue weighted by Crippen LogP contribution is 2.29. The molecule has 1 aliphatic heterocycles. The Labute approximate surface area is 215 Å². The summed E-state index contributed by atoms with van der Waals surface area (Å²) >= 11 is 0. The molecule has 0 radical (unpaired) electrons. The summed E-state index contributed by atoms with van der Waals surface area (Å²) in [5.41, 5.74) is 2.24. The summed E-state index contributed by atoms with van der Waals surface area (Å²) in [5.74, 6) is 0.0322. The van der Waals surface area contributed by atoms with Gasteiger partial charge in [-0.15, -0.1) is 0 Å². The summed E-state index contributed by atoms with van der Waals surface area (Å²) in [6.45, 7) is 4.28. The standard InChI is InChI=1S/C27H32N6O4/c1-20-5-7-23(27(36)29-11-3-13-32-16-12-28-19-32)26(31-20)21-9-14-33(15-10-21)25(35)18-30-24(34)8-6-22-4-2-17-37-22/h2,4-8,12,16-17,19,21H,3,9-11,13-15,18H2,1H3,(H,29,36)(H,30,34). The largest absolute Gasteiger partial charge is 0.465 e. The fourth-order valence-corrected chi connectivity index (χ4v) is 4.34. The Kier molecular flexibility index (Phi) is 8.85. The number of aryl methyl sites for hydroxylation is 2. The number of nitrogens with one attached hydrogen (secondary N) is 2. The van der Waals surface area contributed by atoms with Gasteiger partial charge in [-0.05, 0) is 56.5 Å². The molecule has 0 aliphatic carbocycles. The van der Waals surface area contributed by atoms with Crippen LogP contribution in [0.25, 0.3) is 6.08 Å². The highest BCUT2D eigenvalue weighted by Gasteiger charge is 2.28. The SMILES string of the molecule is Cc1ccc(C(=O)NCCCn2ccnc2)c(C2CCN(C(=O)CNC(=O)C=Cc3ccco3)CC2)n1. The van der Waals surface area contributed by atoms with Gasteiger partial charge in [-0.2, -0.15) is 0 Å². The van der Waals surface area contributed by atoms with E-state index in [1.54, 1.807) is 35.6 Å². The van der Waals surface area contributed by atoms with Crippen LogP contribution in [0.15, 0.2) is 59.7 Å². The van der Waals surface area contributed by atoms with Crippen molar-refractivity contribution in [2.24, 2.45) is 0 Å². The number of carbonyl (C=O) groups excluding carboxylic acids is 3. The van der Waals surface area contributed by atoms with Crippen molar-refractivity contribution in [3.05, 3.63) is 78.0 Å². The van der Waals surface area contributed by atoms with E-state index in [9.17, 15) is 14.4 Å². The number of nitrogens with zero attached hydrogens (tertiary/aromatic N) is 4. The van der Waals surface area contributed by atoms with Crippen molar-refractivity contribution in [1.29, 1.82) is 0 Å². The van der Waals surface area contributed by atoms with Crippen LogP contribution in [0.3, 0.4) is 0 Å². The smallest absolute Gasteiger partial charge is 0.253 e. The molecule has 4 rings (SSSR count). The minimum Gasteiger partial charge on any atom is -0.465 e. The summed E-state index contributed by atoms with van der Waals surface area (Å²) in [6.07, 6.45) is 12.0. The lowest BCUT2D eigenvalue weighted by molar-refractivity contribution is -0.133. The zero-order valence-corrected chi connectivity index (χ0v) is 20.9. The van der Waals surface area contributed by atoms with Crippen LogP contribution in [0, 0.1) is 6.92 Å². The molecule has 2 N–H and O–H groups in total. The Morgan fingerprint density at radius 3 is 2.73 bits per heavy atom. The maximum absolute atomic E-state index is 12.9. The highest BCUT2D eigenvalue weighted by molar-refractivity contribution is 5.95. The minimum atomic E-state index is -0.357. The van der Waals surface area contributed by atoms with Crippen molar-refractivity contribution in [3.63, 3.8) is 0 Å². The fourth-order valence-electron chi connectivity index (χ4n) is 4.34. The van der Waals surface area contributed by atoms with E-state index in [2.05, 4.69) is 15.6 Å². The number of amides is 3. The fraction of sp³-hybridized carbons (Fsp3) is 0.370. The summed E-state index contributed by atoms with van der Waals surface area (Å²) in [5, 5.41) is 5.63. The summed E-state index contributed by atoms with van der Waals surface area (Å²) in [6, 6.07) is 7.16. The van der Waals surface area contributed by atoms with Gasteiger partial charge in [0.25, 0.3) is 5.91 Å². The predicted octanol–water partition coefficient (Wildman–Crippen LogP) is 2.54. The van der Waals surface area contributed by atoms with Crippen molar-refractivity contribution >= 4 is 23.8 Å². The molecule has 0 aromatic carbocycles. The number of piperidine rings is 1. The molecule has 3 aromatic heterocycles. The third-order valence-electron chi connectivity index (χ3n) is 6.34. The first-order valence-electron chi connectivity index (χ1n) is 12.5. The van der Waals surface area contributed by atoms with Crippen LogP contribution in [0.5, 0.6) is 0 Å². The van der Waals surface area contributed by atoms with Gasteiger partial charge in [-0.3, -0.25) is 19.4 Å². The topological polar surface area (TPSA) is 122 Å². The minimum absolute atomic E-state index is 0.0680. The number of pyridine rings is 1. The molecule has 37 heavy (non-hydrogen) atoms. The number of hydrogen-bond acceptors (Lipinski definition) is 6. The van der Waals surface area contributed by atoms with Crippen LogP contribution in [0.2, 0.25) is 0 Å². The first kappa shape index (κ1) is 25.9. The van der Waals surface area contributed by atoms with Gasteiger partial charge in [-0.1, -0.05) is 0 Å². The van der Waals surface area contributed by atoms with E-state index in [0.717, 1.165) is 24.4 Å². The van der Waals surface area contributed by atoms with Crippen molar-refractivity contribution in [3.8, 4) is 0 Å². The highest BCUT2D eigenvalue weighted by atomic mass is 16.3. The maximum Gasteiger partial charge on any atom is 0.253 e. The molecule has 4 heterocycles. The van der Waals surface area contributed by atoms with Gasteiger partial charge in [0.05, 0.1) is 30.4 Å². The summed E-state index contributed by atoms with van der Waals surface area (Å²) < 4.78 is 7.12. The molecular formula is C27H32N6O4. The Morgan fingerprint density at radius 1 is 1.16 bits per heavy atom. The quantitative estimate of drug-likeness (QED) is 0.323. The maximum atomic E-state index is 12.9. The Balaban J connectivity index is 1.26. The zero-order chi connectivity index (χ0) is 26.0. The molecular weight excluding hydrogens is 472 g/mol. The van der Waals surface area contributed by atoms with E-state index in [4.69, 9.17) is 9.40 Å². The van der Waals surface area contributed by atoms with Crippen LogP contribution in [-0.2, 0) is 16.1 Å². The number of hydrogen-bond donors (Lipinski definition) is 2. The van der Waals surface area contributed by atoms with Crippen LogP contribution in [-0.4, -0.2) is 63.3 Å². The molecule has 194 valence electrons. The number of rotatable bonds is 10. The van der Waals surface area contributed by atoms with Gasteiger partial charge in [-0.25, -0.2) is 4.98 Å². The average Bonchev–Trinajstić information content (AvgIpc) is 3.63. The number of likely N-dealkylation sites (tertiary alicyclic amines) is 1. The number of aromatic nitrogens is 3. The van der Waals surface area contributed by atoms with E-state index in [0.29, 0.717) is 43.8 Å². The third kappa shape index (κ3) is 7.39. The van der Waals surface area contributed by atoms with Crippen molar-refractivity contribution < 1.29 is 18.8 Å². The van der Waals surface area contributed by atoms with E-state index in [-0.39, 0.29) is 30.2 Å². The van der Waals surface area contributed by atoms with Gasteiger partial charge in [0.1, 0.15) is 5.76 Å². The molecule has 0 spiro atoms. The molecule has 10 nitrogen and oxygen atoms in total. The van der Waals surface area contributed by atoms with E-state index in [1.807, 2.05) is 29.8 Å². The third-order valence-corrected chi connectivity index (χ3v) is 6.34. The summed E-state index contributed by atoms with van der Waals surface area (Å²) in [7, 11) is 0. The molecule has 10 heteroatoms. The Bertz CT molecular complexity index is 1210. The predicted molar refractivity (Wildman–Crippen MR) is 137 cm³/mol. The lowest BCUT2D eigenvalue weighted by Gasteiger charge is -2.32. The second-order valence-electron chi connectivity index (χ2n) is 9.02. The van der Waals surface area contributed by atoms with Crippen LogP contribution in [0.1, 0.15) is 52.7 Å². The van der Waals surface area contributed by atoms with Gasteiger partial charge in [0.2, 0.25) is 11.8 Å². The molecule has 0 unspecified atom stereocenters. The Morgan fingerprint density at radius 2 is 2.00 bits per heavy atom. The van der Waals surface area contributed by atoms with Crippen molar-refractivity contribution in [2.75, 3.05) is 26.2 Å². The number of carbonyl (C=O) groups is 3. The molecule has 1 saturated heterocycles. The zero-order valence-electron chi connectivity index (χ0n) is 20.9. The molecule has 0 atom stereocenters. The molecule has 1 aliphatic rings. The molecule has 0 saturated carbocycles. The summed E-state index contributed by atoms with van der Waals surface area (Å²) in [4.78, 5) is 48.0. The second kappa shape index (κ2) is 12.7. The van der Waals surface area contributed by atoms with E-state index in [1.165, 1.54) is 12.3 Å². The first-order chi connectivity index (χ1) is 18.0. The van der Waals surface area contributed by atoms with Crippen molar-refractivity contribution in [2.45, 2.75) is 38.6 Å². The lowest BCUT2D eigenvalue weighted by atomic mass is 9.89. The van der Waals surface area contributed by atoms with Crippen LogP contribution in [0.4, 0.5) is 0 Å². The van der Waals surface area contributed by atoms with E-state index >= 15 is 0 Å². The molecule has 3 amide bonds. The second-order valence-corrected chi connectivity index (χ2v) is 9.02. The molecule has 3 aromatic rings. The van der Waals surface area contributed by atoms with Gasteiger partial charge in [0.15, 0.2) is 0 Å². The average molecular weight is 505 g/mol. The van der Waals surface area contributed by atoms with Crippen LogP contribution < -0.4 is 10.6 Å². The number of imidazole rings is 1.